The van der Waals surface area contributed by atoms with Crippen LogP contribution in [-0.4, -0.2) is 27.4 Å². The Bertz CT molecular complexity index is 604. The summed E-state index contributed by atoms with van der Waals surface area (Å²) in [5.74, 6) is 2.21. The monoisotopic (exact) mass is 321 g/mol. The summed E-state index contributed by atoms with van der Waals surface area (Å²) < 4.78 is 16.6. The average Bonchev–Trinajstić information content (AvgIpc) is 2.54. The van der Waals surface area contributed by atoms with E-state index in [9.17, 15) is 0 Å². The molecule has 118 valence electrons. The third kappa shape index (κ3) is 4.55. The SMILES string of the molecule is CNCc1ccc(OC)cc1OCCOc1ccccc1Cl. The van der Waals surface area contributed by atoms with Crippen LogP contribution in [0.4, 0.5) is 0 Å². The van der Waals surface area contributed by atoms with Crippen molar-refractivity contribution in [3.8, 4) is 17.2 Å². The lowest BCUT2D eigenvalue weighted by molar-refractivity contribution is 0.215. The Balaban J connectivity index is 1.92. The number of benzene rings is 2. The van der Waals surface area contributed by atoms with E-state index in [1.54, 1.807) is 13.2 Å². The molecule has 1 N–H and O–H groups in total. The molecule has 0 aliphatic rings. The van der Waals surface area contributed by atoms with Gasteiger partial charge in [0.05, 0.1) is 12.1 Å². The van der Waals surface area contributed by atoms with Crippen molar-refractivity contribution in [1.82, 2.24) is 5.32 Å². The van der Waals surface area contributed by atoms with Gasteiger partial charge in [-0.25, -0.2) is 0 Å². The Hall–Kier alpha value is -1.91. The second kappa shape index (κ2) is 8.51. The van der Waals surface area contributed by atoms with Gasteiger partial charge < -0.3 is 19.5 Å². The van der Waals surface area contributed by atoms with Gasteiger partial charge in [-0.3, -0.25) is 0 Å². The highest BCUT2D eigenvalue weighted by Crippen LogP contribution is 2.25. The first-order valence-corrected chi connectivity index (χ1v) is 7.44. The molecule has 0 atom stereocenters. The topological polar surface area (TPSA) is 39.7 Å². The van der Waals surface area contributed by atoms with Gasteiger partial charge in [0.1, 0.15) is 30.5 Å². The van der Waals surface area contributed by atoms with Crippen molar-refractivity contribution in [2.75, 3.05) is 27.4 Å². The standard InChI is InChI=1S/C17H20ClNO3/c1-19-12-13-7-8-14(20-2)11-17(13)22-10-9-21-16-6-4-3-5-15(16)18/h3-8,11,19H,9-10,12H2,1-2H3. The van der Waals surface area contributed by atoms with E-state index in [2.05, 4.69) is 5.32 Å². The number of halogens is 1. The number of hydrogen-bond donors (Lipinski definition) is 1. The predicted molar refractivity (Wildman–Crippen MR) is 88.2 cm³/mol. The molecule has 22 heavy (non-hydrogen) atoms. The molecule has 0 radical (unpaired) electrons. The fourth-order valence-corrected chi connectivity index (χ4v) is 2.19. The minimum atomic E-state index is 0.417. The molecule has 0 saturated carbocycles. The lowest BCUT2D eigenvalue weighted by Gasteiger charge is -2.13. The van der Waals surface area contributed by atoms with E-state index in [0.29, 0.717) is 24.0 Å². The van der Waals surface area contributed by atoms with Crippen molar-refractivity contribution >= 4 is 11.6 Å². The summed E-state index contributed by atoms with van der Waals surface area (Å²) >= 11 is 6.04. The molecule has 2 rings (SSSR count). The fourth-order valence-electron chi connectivity index (χ4n) is 2.00. The van der Waals surface area contributed by atoms with Crippen molar-refractivity contribution in [1.29, 1.82) is 0 Å². The maximum Gasteiger partial charge on any atom is 0.138 e. The van der Waals surface area contributed by atoms with E-state index in [0.717, 1.165) is 23.6 Å². The number of methoxy groups -OCH3 is 1. The van der Waals surface area contributed by atoms with E-state index in [1.165, 1.54) is 0 Å². The zero-order chi connectivity index (χ0) is 15.8. The van der Waals surface area contributed by atoms with Gasteiger partial charge in [-0.2, -0.15) is 0 Å². The van der Waals surface area contributed by atoms with Crippen LogP contribution >= 0.6 is 11.6 Å². The van der Waals surface area contributed by atoms with Crippen LogP contribution in [0.5, 0.6) is 17.2 Å². The average molecular weight is 322 g/mol. The molecule has 0 heterocycles. The first-order valence-electron chi connectivity index (χ1n) is 7.06. The normalized spacial score (nSPS) is 10.3. The number of nitrogens with one attached hydrogen (secondary N) is 1. The summed E-state index contributed by atoms with van der Waals surface area (Å²) in [6.07, 6.45) is 0. The first-order chi connectivity index (χ1) is 10.7. The maximum absolute atomic E-state index is 6.04. The summed E-state index contributed by atoms with van der Waals surface area (Å²) in [5.41, 5.74) is 1.07. The summed E-state index contributed by atoms with van der Waals surface area (Å²) in [5, 5.41) is 3.71. The molecule has 2 aromatic carbocycles. The van der Waals surface area contributed by atoms with Crippen LogP contribution in [0.25, 0.3) is 0 Å². The van der Waals surface area contributed by atoms with Crippen molar-refractivity contribution in [2.45, 2.75) is 6.54 Å². The molecule has 0 fully saturated rings. The predicted octanol–water partition coefficient (Wildman–Crippen LogP) is 3.53. The Morgan fingerprint density at radius 2 is 1.73 bits per heavy atom. The Kier molecular flexibility index (Phi) is 6.37. The van der Waals surface area contributed by atoms with Gasteiger partial charge in [-0.05, 0) is 25.2 Å². The second-order valence-electron chi connectivity index (χ2n) is 4.63. The van der Waals surface area contributed by atoms with Gasteiger partial charge in [0.2, 0.25) is 0 Å². The van der Waals surface area contributed by atoms with Crippen LogP contribution in [0.1, 0.15) is 5.56 Å². The van der Waals surface area contributed by atoms with Gasteiger partial charge in [0.25, 0.3) is 0 Å². The van der Waals surface area contributed by atoms with E-state index in [1.807, 2.05) is 43.4 Å². The van der Waals surface area contributed by atoms with Crippen LogP contribution in [0, 0.1) is 0 Å². The molecule has 0 unspecified atom stereocenters. The van der Waals surface area contributed by atoms with E-state index in [4.69, 9.17) is 25.8 Å². The van der Waals surface area contributed by atoms with Crippen LogP contribution < -0.4 is 19.5 Å². The van der Waals surface area contributed by atoms with Crippen molar-refractivity contribution in [3.05, 3.63) is 53.1 Å². The van der Waals surface area contributed by atoms with E-state index >= 15 is 0 Å². The number of hydrogen-bond acceptors (Lipinski definition) is 4. The van der Waals surface area contributed by atoms with Gasteiger partial charge in [0.15, 0.2) is 0 Å². The summed E-state index contributed by atoms with van der Waals surface area (Å²) in [6.45, 7) is 1.57. The van der Waals surface area contributed by atoms with Crippen molar-refractivity contribution < 1.29 is 14.2 Å². The van der Waals surface area contributed by atoms with Crippen LogP contribution in [0.2, 0.25) is 5.02 Å². The quantitative estimate of drug-likeness (QED) is 0.755. The number of rotatable bonds is 8. The molecule has 0 aromatic heterocycles. The highest BCUT2D eigenvalue weighted by Gasteiger charge is 2.06. The van der Waals surface area contributed by atoms with Gasteiger partial charge in [0, 0.05) is 18.2 Å². The third-order valence-corrected chi connectivity index (χ3v) is 3.39. The number of para-hydroxylation sites is 1. The largest absolute Gasteiger partial charge is 0.497 e. The minimum absolute atomic E-state index is 0.417. The molecule has 5 heteroatoms. The zero-order valence-corrected chi connectivity index (χ0v) is 13.5. The molecule has 0 spiro atoms. The van der Waals surface area contributed by atoms with Gasteiger partial charge in [-0.15, -0.1) is 0 Å². The smallest absolute Gasteiger partial charge is 0.138 e. The summed E-state index contributed by atoms with van der Waals surface area (Å²) in [6, 6.07) is 13.2. The van der Waals surface area contributed by atoms with E-state index < -0.39 is 0 Å². The molecule has 2 aromatic rings. The molecule has 0 amide bonds. The van der Waals surface area contributed by atoms with Crippen LogP contribution in [-0.2, 0) is 6.54 Å². The first kappa shape index (κ1) is 16.5. The summed E-state index contributed by atoms with van der Waals surface area (Å²) in [7, 11) is 3.53. The van der Waals surface area contributed by atoms with Crippen molar-refractivity contribution in [3.63, 3.8) is 0 Å². The fraction of sp³-hybridized carbons (Fsp3) is 0.294. The number of ether oxygens (including phenoxy) is 3. The van der Waals surface area contributed by atoms with E-state index in [-0.39, 0.29) is 0 Å². The molecule has 4 nitrogen and oxygen atoms in total. The highest BCUT2D eigenvalue weighted by molar-refractivity contribution is 6.32. The second-order valence-corrected chi connectivity index (χ2v) is 5.04. The highest BCUT2D eigenvalue weighted by atomic mass is 35.5. The molecule has 0 saturated heterocycles. The molecule has 0 aliphatic carbocycles. The molecule has 0 bridgehead atoms. The maximum atomic E-state index is 6.04. The van der Waals surface area contributed by atoms with Gasteiger partial charge in [-0.1, -0.05) is 29.8 Å². The molecular formula is C17H20ClNO3. The van der Waals surface area contributed by atoms with Crippen LogP contribution in [0.15, 0.2) is 42.5 Å². The third-order valence-electron chi connectivity index (χ3n) is 3.08. The lowest BCUT2D eigenvalue weighted by atomic mass is 10.2. The Labute approximate surface area is 136 Å². The Morgan fingerprint density at radius 1 is 1.00 bits per heavy atom. The minimum Gasteiger partial charge on any atom is -0.497 e. The van der Waals surface area contributed by atoms with Crippen molar-refractivity contribution in [2.24, 2.45) is 0 Å². The molecule has 0 aliphatic heterocycles. The summed E-state index contributed by atoms with van der Waals surface area (Å²) in [4.78, 5) is 0. The zero-order valence-electron chi connectivity index (χ0n) is 12.8. The Morgan fingerprint density at radius 3 is 2.41 bits per heavy atom. The van der Waals surface area contributed by atoms with Gasteiger partial charge >= 0.3 is 0 Å². The molecular weight excluding hydrogens is 302 g/mol. The van der Waals surface area contributed by atoms with Crippen LogP contribution in [0.3, 0.4) is 0 Å². The lowest BCUT2D eigenvalue weighted by Crippen LogP contribution is -2.12.